The predicted octanol–water partition coefficient (Wildman–Crippen LogP) is 4.70. The fourth-order valence-corrected chi connectivity index (χ4v) is 7.51. The molecule has 192 valence electrons. The van der Waals surface area contributed by atoms with Crippen LogP contribution in [0, 0.1) is 17.1 Å². The Morgan fingerprint density at radius 2 is 1.92 bits per heavy atom. The third-order valence-corrected chi connectivity index (χ3v) is 9.28. The Hall–Kier alpha value is -2.67. The zero-order chi connectivity index (χ0) is 26.2. The van der Waals surface area contributed by atoms with Crippen molar-refractivity contribution in [3.8, 4) is 17.2 Å². The van der Waals surface area contributed by atoms with Crippen LogP contribution in [0.2, 0.25) is 0 Å². The molecule has 2 aromatic rings. The molecule has 2 unspecified atom stereocenters. The van der Waals surface area contributed by atoms with Crippen molar-refractivity contribution < 1.29 is 13.4 Å². The maximum Gasteiger partial charge on any atom is 0.259 e. The number of carbonyl (C=O) groups excluding carboxylic acids is 1. The second-order valence-corrected chi connectivity index (χ2v) is 12.6. The van der Waals surface area contributed by atoms with Gasteiger partial charge in [-0.25, -0.2) is 18.7 Å². The third-order valence-electron chi connectivity index (χ3n) is 7.45. The van der Waals surface area contributed by atoms with Gasteiger partial charge in [0.2, 0.25) is 0 Å². The lowest BCUT2D eigenvalue weighted by atomic mass is 9.88. The van der Waals surface area contributed by atoms with E-state index in [4.69, 9.17) is 5.14 Å². The van der Waals surface area contributed by atoms with E-state index in [1.165, 1.54) is 18.3 Å². The first-order valence-electron chi connectivity index (χ1n) is 12.5. The van der Waals surface area contributed by atoms with Gasteiger partial charge in [0.1, 0.15) is 27.5 Å². The van der Waals surface area contributed by atoms with Crippen LogP contribution < -0.4 is 5.14 Å². The molecular weight excluding hydrogens is 477 g/mol. The summed E-state index contributed by atoms with van der Waals surface area (Å²) in [5.74, 6) is -1.09. The summed E-state index contributed by atoms with van der Waals surface area (Å²) in [4.78, 5) is 19.7. The quantitative estimate of drug-likeness (QED) is 0.604. The first-order chi connectivity index (χ1) is 17.0. The van der Waals surface area contributed by atoms with Crippen molar-refractivity contribution in [2.45, 2.75) is 89.1 Å². The van der Waals surface area contributed by atoms with Gasteiger partial charge in [-0.1, -0.05) is 13.8 Å². The lowest BCUT2D eigenvalue weighted by Gasteiger charge is -2.41. The van der Waals surface area contributed by atoms with Crippen LogP contribution in [0.4, 0.5) is 4.39 Å². The molecule has 0 spiro atoms. The van der Waals surface area contributed by atoms with Crippen LogP contribution >= 0.6 is 0 Å². The van der Waals surface area contributed by atoms with Crippen LogP contribution in [0.15, 0.2) is 34.8 Å². The summed E-state index contributed by atoms with van der Waals surface area (Å²) in [6.07, 6.45) is 4.78. The fourth-order valence-electron chi connectivity index (χ4n) is 5.99. The SMILES string of the molecule is CC(C)c1cc(F)cc(-c2ccnc(C#N)c2)c1CC(=O)N=S(N)(=O)C1C[C@H]2CC[C@@H](C1)N2C(C)C. The van der Waals surface area contributed by atoms with Gasteiger partial charge in [-0.3, -0.25) is 9.69 Å². The Labute approximate surface area is 213 Å². The van der Waals surface area contributed by atoms with Gasteiger partial charge < -0.3 is 0 Å². The number of nitrogens with two attached hydrogens (primary N) is 1. The largest absolute Gasteiger partial charge is 0.295 e. The van der Waals surface area contributed by atoms with Crippen molar-refractivity contribution >= 4 is 15.8 Å². The van der Waals surface area contributed by atoms with Crippen molar-refractivity contribution in [2.24, 2.45) is 9.50 Å². The van der Waals surface area contributed by atoms with Gasteiger partial charge >= 0.3 is 0 Å². The Kier molecular flexibility index (Phi) is 7.60. The van der Waals surface area contributed by atoms with E-state index in [9.17, 15) is 18.7 Å². The normalized spacial score (nSPS) is 23.5. The van der Waals surface area contributed by atoms with Crippen molar-refractivity contribution in [3.05, 3.63) is 53.1 Å². The summed E-state index contributed by atoms with van der Waals surface area (Å²) in [5.41, 5.74) is 2.53. The molecule has 1 aromatic heterocycles. The summed E-state index contributed by atoms with van der Waals surface area (Å²) in [6.45, 7) is 8.19. The standard InChI is InChI=1S/C27H34FN5O2S/c1-16(2)24-10-19(28)11-25(18-7-8-31-20(9-18)15-29)26(24)14-27(34)32-36(30,35)23-12-21-5-6-22(13-23)33(21)17(3)4/h7-11,16-17,21-23H,5-6,12-14H2,1-4H3,(H2,30,32,34,35)/t21-,22+,23?,36?. The molecule has 2 aliphatic rings. The third kappa shape index (κ3) is 5.36. The van der Waals surface area contributed by atoms with Gasteiger partial charge in [0.05, 0.1) is 11.7 Å². The molecule has 3 heterocycles. The van der Waals surface area contributed by atoms with Crippen molar-refractivity contribution in [2.75, 3.05) is 0 Å². The minimum Gasteiger partial charge on any atom is -0.295 e. The second-order valence-electron chi connectivity index (χ2n) is 10.5. The van der Waals surface area contributed by atoms with E-state index >= 15 is 0 Å². The first kappa shape index (κ1) is 26.4. The molecule has 1 amide bonds. The van der Waals surface area contributed by atoms with E-state index in [2.05, 4.69) is 28.1 Å². The zero-order valence-electron chi connectivity index (χ0n) is 21.3. The first-order valence-corrected chi connectivity index (χ1v) is 14.2. The molecule has 36 heavy (non-hydrogen) atoms. The van der Waals surface area contributed by atoms with Gasteiger partial charge in [-0.15, -0.1) is 4.36 Å². The molecule has 0 radical (unpaired) electrons. The zero-order valence-corrected chi connectivity index (χ0v) is 22.1. The monoisotopic (exact) mass is 511 g/mol. The van der Waals surface area contributed by atoms with Crippen molar-refractivity contribution in [3.63, 3.8) is 0 Å². The molecule has 4 rings (SSSR count). The van der Waals surface area contributed by atoms with Crippen LogP contribution in [0.5, 0.6) is 0 Å². The number of benzene rings is 1. The highest BCUT2D eigenvalue weighted by Crippen LogP contribution is 2.39. The molecule has 2 aliphatic heterocycles. The maximum absolute atomic E-state index is 14.6. The minimum absolute atomic E-state index is 0.0715. The second kappa shape index (κ2) is 10.4. The molecule has 2 bridgehead atoms. The Bertz CT molecular complexity index is 1310. The highest BCUT2D eigenvalue weighted by Gasteiger charge is 2.44. The molecule has 0 aliphatic carbocycles. The minimum atomic E-state index is -3.24. The molecule has 2 N–H and O–H groups in total. The number of piperidine rings is 1. The van der Waals surface area contributed by atoms with Gasteiger partial charge in [0.25, 0.3) is 5.91 Å². The number of aromatic nitrogens is 1. The average molecular weight is 512 g/mol. The van der Waals surface area contributed by atoms with Crippen LogP contribution in [0.1, 0.15) is 76.1 Å². The Morgan fingerprint density at radius 3 is 2.50 bits per heavy atom. The predicted molar refractivity (Wildman–Crippen MR) is 139 cm³/mol. The van der Waals surface area contributed by atoms with E-state index in [0.717, 1.165) is 12.8 Å². The van der Waals surface area contributed by atoms with Crippen LogP contribution in [-0.2, 0) is 21.1 Å². The van der Waals surface area contributed by atoms with Crippen LogP contribution in [-0.4, -0.2) is 43.4 Å². The van der Waals surface area contributed by atoms with E-state index in [1.807, 2.05) is 19.9 Å². The van der Waals surface area contributed by atoms with Crippen LogP contribution in [0.3, 0.4) is 0 Å². The number of hydrogen-bond donors (Lipinski definition) is 1. The smallest absolute Gasteiger partial charge is 0.259 e. The number of fused-ring (bicyclic) bond motifs is 2. The molecule has 2 fully saturated rings. The lowest BCUT2D eigenvalue weighted by molar-refractivity contribution is -0.117. The highest BCUT2D eigenvalue weighted by atomic mass is 32.2. The number of pyridine rings is 1. The topological polar surface area (TPSA) is 112 Å². The van der Waals surface area contributed by atoms with E-state index in [0.29, 0.717) is 53.2 Å². The summed E-state index contributed by atoms with van der Waals surface area (Å²) < 4.78 is 32.2. The summed E-state index contributed by atoms with van der Waals surface area (Å²) >= 11 is 0. The summed E-state index contributed by atoms with van der Waals surface area (Å²) in [7, 11) is -3.24. The number of nitriles is 1. The molecule has 9 heteroatoms. The summed E-state index contributed by atoms with van der Waals surface area (Å²) in [5, 5.41) is 15.2. The number of nitrogens with zero attached hydrogens (tertiary/aromatic N) is 4. The number of carbonyl (C=O) groups is 1. The van der Waals surface area contributed by atoms with Gasteiger partial charge in [0, 0.05) is 24.3 Å². The lowest BCUT2D eigenvalue weighted by Crippen LogP contribution is -2.50. The average Bonchev–Trinajstić information content (AvgIpc) is 3.09. The molecule has 1 aromatic carbocycles. The van der Waals surface area contributed by atoms with E-state index in [-0.39, 0.29) is 23.3 Å². The fraction of sp³-hybridized carbons (Fsp3) is 0.519. The molecule has 7 nitrogen and oxygen atoms in total. The molecule has 0 saturated carbocycles. The highest BCUT2D eigenvalue weighted by molar-refractivity contribution is 7.92. The Morgan fingerprint density at radius 1 is 1.25 bits per heavy atom. The van der Waals surface area contributed by atoms with Gasteiger partial charge in [-0.05, 0) is 92.0 Å². The van der Waals surface area contributed by atoms with Gasteiger partial charge in [0.15, 0.2) is 0 Å². The van der Waals surface area contributed by atoms with E-state index < -0.39 is 21.6 Å². The maximum atomic E-state index is 14.6. The number of amides is 1. The van der Waals surface area contributed by atoms with E-state index in [1.54, 1.807) is 12.1 Å². The number of hydrogen-bond acceptors (Lipinski definition) is 5. The Balaban J connectivity index is 1.67. The molecule has 2 saturated heterocycles. The van der Waals surface area contributed by atoms with Gasteiger partial charge in [-0.2, -0.15) is 5.26 Å². The molecular formula is C27H34FN5O2S. The van der Waals surface area contributed by atoms with Crippen molar-refractivity contribution in [1.29, 1.82) is 5.26 Å². The summed E-state index contributed by atoms with van der Waals surface area (Å²) in [6, 6.07) is 9.05. The van der Waals surface area contributed by atoms with Crippen molar-refractivity contribution in [1.82, 2.24) is 9.88 Å². The van der Waals surface area contributed by atoms with Crippen LogP contribution in [0.25, 0.3) is 11.1 Å². The number of halogens is 1. The molecule has 4 atom stereocenters. The number of rotatable bonds is 6.